The molecule has 0 saturated carbocycles. The molecule has 0 bridgehead atoms. The van der Waals surface area contributed by atoms with Gasteiger partial charge in [0, 0.05) is 25.4 Å². The van der Waals surface area contributed by atoms with Crippen molar-refractivity contribution in [2.24, 2.45) is 7.05 Å². The first-order valence-corrected chi connectivity index (χ1v) is 3.87. The maximum absolute atomic E-state index is 11.3. The first-order chi connectivity index (χ1) is 5.75. The lowest BCUT2D eigenvalue weighted by Crippen LogP contribution is -2.22. The number of rotatable bonds is 3. The molecule has 0 fully saturated rings. The van der Waals surface area contributed by atoms with Gasteiger partial charge in [-0.3, -0.25) is 4.79 Å². The number of aryl methyl sites for hydroxylation is 2. The number of aliphatic hydroxyl groups is 1. The maximum Gasteiger partial charge on any atom is 0.269 e. The molecule has 0 saturated heterocycles. The van der Waals surface area contributed by atoms with E-state index in [2.05, 4.69) is 5.10 Å². The quantitative estimate of drug-likeness (QED) is 0.674. The van der Waals surface area contributed by atoms with Gasteiger partial charge in [0.15, 0.2) is 0 Å². The highest BCUT2D eigenvalue weighted by atomic mass is 16.2. The molecule has 0 spiro atoms. The molecule has 1 aromatic rings. The average molecular weight is 168 g/mol. The Morgan fingerprint density at radius 2 is 2.42 bits per heavy atom. The van der Waals surface area contributed by atoms with Crippen LogP contribution < -0.4 is 5.56 Å². The highest BCUT2D eigenvalue weighted by molar-refractivity contribution is 5.06. The molecule has 0 aliphatic carbocycles. The minimum atomic E-state index is -0.0778. The fraction of sp³-hybridized carbons (Fsp3) is 0.500. The van der Waals surface area contributed by atoms with Crippen molar-refractivity contribution in [3.05, 3.63) is 28.2 Å². The predicted octanol–water partition coefficient (Wildman–Crippen LogP) is -0.295. The zero-order chi connectivity index (χ0) is 8.97. The summed E-state index contributed by atoms with van der Waals surface area (Å²) >= 11 is 0. The summed E-state index contributed by atoms with van der Waals surface area (Å²) in [4.78, 5) is 11.3. The molecule has 1 heterocycles. The summed E-state index contributed by atoms with van der Waals surface area (Å²) in [5.74, 6) is 0. The summed E-state index contributed by atoms with van der Waals surface area (Å²) in [5.41, 5.74) is 0.632. The second-order valence-electron chi connectivity index (χ2n) is 2.61. The van der Waals surface area contributed by atoms with Gasteiger partial charge in [-0.25, -0.2) is 4.68 Å². The Bertz CT molecular complexity index is 306. The zero-order valence-electron chi connectivity index (χ0n) is 7.03. The van der Waals surface area contributed by atoms with Crippen molar-refractivity contribution < 1.29 is 5.11 Å². The van der Waals surface area contributed by atoms with Crippen LogP contribution in [0.3, 0.4) is 0 Å². The van der Waals surface area contributed by atoms with Crippen molar-refractivity contribution in [2.75, 3.05) is 6.61 Å². The van der Waals surface area contributed by atoms with Gasteiger partial charge in [0.05, 0.1) is 0 Å². The van der Waals surface area contributed by atoms with Gasteiger partial charge in [-0.05, 0) is 18.9 Å². The van der Waals surface area contributed by atoms with E-state index in [4.69, 9.17) is 5.11 Å². The fourth-order valence-electron chi connectivity index (χ4n) is 1.01. The van der Waals surface area contributed by atoms with Gasteiger partial charge in [0.25, 0.3) is 5.56 Å². The van der Waals surface area contributed by atoms with Crippen molar-refractivity contribution >= 4 is 0 Å². The van der Waals surface area contributed by atoms with Crippen LogP contribution in [0.5, 0.6) is 0 Å². The topological polar surface area (TPSA) is 55.1 Å². The molecule has 1 aromatic heterocycles. The molecule has 0 radical (unpaired) electrons. The second kappa shape index (κ2) is 4.01. The predicted molar refractivity (Wildman–Crippen MR) is 44.9 cm³/mol. The van der Waals surface area contributed by atoms with Crippen molar-refractivity contribution in [3.8, 4) is 0 Å². The van der Waals surface area contributed by atoms with Crippen LogP contribution in [-0.4, -0.2) is 21.5 Å². The largest absolute Gasteiger partial charge is 0.396 e. The SMILES string of the molecule is Cn1nccc(CCCO)c1=O. The molecular formula is C8H12N2O2. The first kappa shape index (κ1) is 8.93. The molecule has 0 unspecified atom stereocenters. The first-order valence-electron chi connectivity index (χ1n) is 3.87. The van der Waals surface area contributed by atoms with Crippen LogP contribution in [0.25, 0.3) is 0 Å². The van der Waals surface area contributed by atoms with Gasteiger partial charge in [0.1, 0.15) is 0 Å². The van der Waals surface area contributed by atoms with E-state index >= 15 is 0 Å². The summed E-state index contributed by atoms with van der Waals surface area (Å²) in [6.07, 6.45) is 2.83. The summed E-state index contributed by atoms with van der Waals surface area (Å²) < 4.78 is 1.30. The standard InChI is InChI=1S/C8H12N2O2/c1-10-8(12)7(3-2-6-11)4-5-9-10/h4-5,11H,2-3,6H2,1H3. The Kier molecular flexibility index (Phi) is 2.99. The summed E-state index contributed by atoms with van der Waals surface area (Å²) in [7, 11) is 1.62. The Labute approximate surface area is 70.5 Å². The molecule has 0 atom stereocenters. The van der Waals surface area contributed by atoms with Crippen molar-refractivity contribution in [3.63, 3.8) is 0 Å². The fourth-order valence-corrected chi connectivity index (χ4v) is 1.01. The summed E-state index contributed by atoms with van der Waals surface area (Å²) in [6, 6.07) is 1.69. The van der Waals surface area contributed by atoms with Crippen LogP contribution in [-0.2, 0) is 13.5 Å². The van der Waals surface area contributed by atoms with E-state index in [1.807, 2.05) is 0 Å². The molecule has 4 heteroatoms. The number of hydrogen-bond acceptors (Lipinski definition) is 3. The van der Waals surface area contributed by atoms with Crippen LogP contribution >= 0.6 is 0 Å². The van der Waals surface area contributed by atoms with Crippen LogP contribution in [0.2, 0.25) is 0 Å². The van der Waals surface area contributed by atoms with Crippen molar-refractivity contribution in [1.82, 2.24) is 9.78 Å². The van der Waals surface area contributed by atoms with Gasteiger partial charge in [-0.1, -0.05) is 0 Å². The van der Waals surface area contributed by atoms with E-state index in [9.17, 15) is 4.79 Å². The van der Waals surface area contributed by atoms with E-state index in [0.29, 0.717) is 18.4 Å². The smallest absolute Gasteiger partial charge is 0.269 e. The molecule has 1 rings (SSSR count). The van der Waals surface area contributed by atoms with E-state index in [1.54, 1.807) is 19.3 Å². The third-order valence-electron chi connectivity index (χ3n) is 1.69. The molecule has 4 nitrogen and oxygen atoms in total. The zero-order valence-corrected chi connectivity index (χ0v) is 7.03. The van der Waals surface area contributed by atoms with Crippen molar-refractivity contribution in [2.45, 2.75) is 12.8 Å². The molecule has 0 aliphatic heterocycles. The monoisotopic (exact) mass is 168 g/mol. The maximum atomic E-state index is 11.3. The van der Waals surface area contributed by atoms with Gasteiger partial charge in [0.2, 0.25) is 0 Å². The Balaban J connectivity index is 2.85. The van der Waals surface area contributed by atoms with Gasteiger partial charge < -0.3 is 5.11 Å². The van der Waals surface area contributed by atoms with E-state index in [0.717, 1.165) is 0 Å². The lowest BCUT2D eigenvalue weighted by atomic mass is 10.2. The molecule has 1 N–H and O–H groups in total. The number of aromatic nitrogens is 2. The van der Waals surface area contributed by atoms with Crippen LogP contribution in [0, 0.1) is 0 Å². The Morgan fingerprint density at radius 1 is 1.67 bits per heavy atom. The highest BCUT2D eigenvalue weighted by Crippen LogP contribution is 1.93. The number of hydrogen-bond donors (Lipinski definition) is 1. The number of aliphatic hydroxyl groups excluding tert-OH is 1. The minimum absolute atomic E-state index is 0.0778. The van der Waals surface area contributed by atoms with Crippen molar-refractivity contribution in [1.29, 1.82) is 0 Å². The molecular weight excluding hydrogens is 156 g/mol. The van der Waals surface area contributed by atoms with Crippen LogP contribution in [0.4, 0.5) is 0 Å². The van der Waals surface area contributed by atoms with Gasteiger partial charge in [-0.2, -0.15) is 5.10 Å². The van der Waals surface area contributed by atoms with Crippen LogP contribution in [0.15, 0.2) is 17.1 Å². The molecule has 0 aliphatic rings. The normalized spacial score (nSPS) is 10.2. The van der Waals surface area contributed by atoms with Gasteiger partial charge in [-0.15, -0.1) is 0 Å². The molecule has 0 amide bonds. The Hall–Kier alpha value is -1.16. The summed E-state index contributed by atoms with van der Waals surface area (Å²) in [6.45, 7) is 0.117. The number of nitrogens with zero attached hydrogens (tertiary/aromatic N) is 2. The third kappa shape index (κ3) is 1.92. The molecule has 0 aromatic carbocycles. The lowest BCUT2D eigenvalue weighted by molar-refractivity contribution is 0.288. The second-order valence-corrected chi connectivity index (χ2v) is 2.61. The Morgan fingerprint density at radius 3 is 3.08 bits per heavy atom. The van der Waals surface area contributed by atoms with E-state index < -0.39 is 0 Å². The van der Waals surface area contributed by atoms with E-state index in [1.165, 1.54) is 4.68 Å². The van der Waals surface area contributed by atoms with Gasteiger partial charge >= 0.3 is 0 Å². The third-order valence-corrected chi connectivity index (χ3v) is 1.69. The van der Waals surface area contributed by atoms with Crippen LogP contribution in [0.1, 0.15) is 12.0 Å². The lowest BCUT2D eigenvalue weighted by Gasteiger charge is -1.99. The molecule has 12 heavy (non-hydrogen) atoms. The van der Waals surface area contributed by atoms with E-state index in [-0.39, 0.29) is 12.2 Å². The average Bonchev–Trinajstić information content (AvgIpc) is 2.08. The minimum Gasteiger partial charge on any atom is -0.396 e. The summed E-state index contributed by atoms with van der Waals surface area (Å²) in [5, 5.41) is 12.4. The highest BCUT2D eigenvalue weighted by Gasteiger charge is 1.99. The molecule has 66 valence electrons.